The van der Waals surface area contributed by atoms with Gasteiger partial charge in [0.25, 0.3) is 0 Å². The molecule has 0 aliphatic rings. The highest BCUT2D eigenvalue weighted by atomic mass is 35.5. The lowest BCUT2D eigenvalue weighted by atomic mass is 10.3. The third-order valence-electron chi connectivity index (χ3n) is 1.93. The molecular weight excluding hydrogens is 235 g/mol. The summed E-state index contributed by atoms with van der Waals surface area (Å²) in [6.07, 6.45) is 1.77. The number of rotatable bonds is 2. The summed E-state index contributed by atoms with van der Waals surface area (Å²) in [7, 11) is 1.57. The summed E-state index contributed by atoms with van der Waals surface area (Å²) in [5.41, 5.74) is 0.768. The minimum absolute atomic E-state index is 0.543. The molecule has 2 aromatic rings. The molecule has 0 radical (unpaired) electrons. The molecule has 78 valence electrons. The van der Waals surface area contributed by atoms with Gasteiger partial charge in [-0.05, 0) is 18.2 Å². The predicted molar refractivity (Wildman–Crippen MR) is 60.1 cm³/mol. The van der Waals surface area contributed by atoms with Crippen LogP contribution < -0.4 is 4.74 Å². The molecular formula is C10H8Cl2N2O. The maximum Gasteiger partial charge on any atom is 0.232 e. The third kappa shape index (κ3) is 2.08. The van der Waals surface area contributed by atoms with E-state index in [-0.39, 0.29) is 0 Å². The van der Waals surface area contributed by atoms with Crippen LogP contribution in [-0.2, 0) is 0 Å². The number of methoxy groups -OCH3 is 1. The van der Waals surface area contributed by atoms with Gasteiger partial charge in [-0.3, -0.25) is 0 Å². The van der Waals surface area contributed by atoms with E-state index in [0.29, 0.717) is 15.9 Å². The van der Waals surface area contributed by atoms with Crippen molar-refractivity contribution >= 4 is 23.2 Å². The Labute approximate surface area is 97.2 Å². The maximum atomic E-state index is 6.03. The quantitative estimate of drug-likeness (QED) is 0.809. The number of halogens is 2. The Morgan fingerprint density at radius 1 is 1.27 bits per heavy atom. The van der Waals surface area contributed by atoms with Crippen LogP contribution in [0, 0.1) is 0 Å². The maximum absolute atomic E-state index is 6.03. The summed E-state index contributed by atoms with van der Waals surface area (Å²) in [6.45, 7) is 0. The molecule has 0 aliphatic carbocycles. The fourth-order valence-electron chi connectivity index (χ4n) is 1.22. The Kier molecular flexibility index (Phi) is 2.84. The van der Waals surface area contributed by atoms with Crippen LogP contribution in [0.2, 0.25) is 10.0 Å². The van der Waals surface area contributed by atoms with Crippen molar-refractivity contribution in [2.45, 2.75) is 0 Å². The Morgan fingerprint density at radius 2 is 2.07 bits per heavy atom. The van der Waals surface area contributed by atoms with Gasteiger partial charge in [-0.2, -0.15) is 0 Å². The molecule has 0 saturated heterocycles. The highest BCUT2D eigenvalue weighted by Gasteiger charge is 2.05. The van der Waals surface area contributed by atoms with Gasteiger partial charge in [0.05, 0.1) is 17.8 Å². The van der Waals surface area contributed by atoms with Gasteiger partial charge in [0.2, 0.25) is 5.88 Å². The number of nitrogens with zero attached hydrogens (tertiary/aromatic N) is 2. The largest absolute Gasteiger partial charge is 0.480 e. The smallest absolute Gasteiger partial charge is 0.232 e. The van der Waals surface area contributed by atoms with Crippen molar-refractivity contribution in [1.29, 1.82) is 0 Å². The fourth-order valence-corrected chi connectivity index (χ4v) is 1.71. The van der Waals surface area contributed by atoms with Crippen LogP contribution in [0.25, 0.3) is 5.69 Å². The molecule has 0 saturated carbocycles. The van der Waals surface area contributed by atoms with Crippen molar-refractivity contribution in [3.05, 3.63) is 40.5 Å². The van der Waals surface area contributed by atoms with E-state index in [9.17, 15) is 0 Å². The first kappa shape index (κ1) is 10.3. The Balaban J connectivity index is 2.44. The molecule has 0 bridgehead atoms. The highest BCUT2D eigenvalue weighted by Crippen LogP contribution is 2.24. The second kappa shape index (κ2) is 4.13. The van der Waals surface area contributed by atoms with E-state index in [1.165, 1.54) is 0 Å². The summed E-state index contributed by atoms with van der Waals surface area (Å²) >= 11 is 11.8. The molecule has 2 rings (SSSR count). The summed E-state index contributed by atoms with van der Waals surface area (Å²) in [5, 5.41) is 5.31. The van der Waals surface area contributed by atoms with Crippen molar-refractivity contribution in [3.8, 4) is 11.6 Å². The minimum Gasteiger partial charge on any atom is -0.480 e. The van der Waals surface area contributed by atoms with Crippen LogP contribution >= 0.6 is 23.2 Å². The van der Waals surface area contributed by atoms with Crippen LogP contribution in [-0.4, -0.2) is 16.9 Å². The molecule has 0 amide bonds. The zero-order valence-electron chi connectivity index (χ0n) is 7.95. The molecule has 0 atom stereocenters. The molecule has 1 aromatic heterocycles. The molecule has 1 heterocycles. The van der Waals surface area contributed by atoms with Gasteiger partial charge in [-0.15, -0.1) is 5.10 Å². The Bertz CT molecular complexity index is 482. The Hall–Kier alpha value is -1.19. The van der Waals surface area contributed by atoms with Crippen LogP contribution in [0.1, 0.15) is 0 Å². The molecule has 3 nitrogen and oxygen atoms in total. The van der Waals surface area contributed by atoms with Crippen LogP contribution in [0.3, 0.4) is 0 Å². The SMILES string of the molecule is COc1ccn(-c2ccc(Cl)cc2Cl)n1. The van der Waals surface area contributed by atoms with Gasteiger partial charge in [-0.1, -0.05) is 23.2 Å². The van der Waals surface area contributed by atoms with Gasteiger partial charge in [-0.25, -0.2) is 4.68 Å². The van der Waals surface area contributed by atoms with E-state index in [0.717, 1.165) is 5.69 Å². The topological polar surface area (TPSA) is 27.1 Å². The molecule has 0 unspecified atom stereocenters. The van der Waals surface area contributed by atoms with E-state index in [4.69, 9.17) is 27.9 Å². The monoisotopic (exact) mass is 242 g/mol. The van der Waals surface area contributed by atoms with E-state index >= 15 is 0 Å². The van der Waals surface area contributed by atoms with E-state index in [1.54, 1.807) is 42.3 Å². The fraction of sp³-hybridized carbons (Fsp3) is 0.100. The lowest BCUT2D eigenvalue weighted by Crippen LogP contribution is -1.96. The first-order valence-corrected chi connectivity index (χ1v) is 5.01. The van der Waals surface area contributed by atoms with E-state index in [1.807, 2.05) is 0 Å². The summed E-state index contributed by atoms with van der Waals surface area (Å²) in [4.78, 5) is 0. The number of hydrogen-bond donors (Lipinski definition) is 0. The zero-order valence-corrected chi connectivity index (χ0v) is 9.46. The van der Waals surface area contributed by atoms with E-state index in [2.05, 4.69) is 5.10 Å². The van der Waals surface area contributed by atoms with Crippen molar-refractivity contribution in [2.24, 2.45) is 0 Å². The zero-order chi connectivity index (χ0) is 10.8. The molecule has 0 fully saturated rings. The van der Waals surface area contributed by atoms with Gasteiger partial charge in [0.15, 0.2) is 0 Å². The number of benzene rings is 1. The number of aromatic nitrogens is 2. The van der Waals surface area contributed by atoms with Crippen molar-refractivity contribution < 1.29 is 4.74 Å². The second-order valence-corrected chi connectivity index (χ2v) is 3.74. The average molecular weight is 243 g/mol. The summed E-state index contributed by atoms with van der Waals surface area (Å²) < 4.78 is 6.62. The molecule has 0 aliphatic heterocycles. The highest BCUT2D eigenvalue weighted by molar-refractivity contribution is 6.35. The third-order valence-corrected chi connectivity index (χ3v) is 2.47. The van der Waals surface area contributed by atoms with Crippen LogP contribution in [0.4, 0.5) is 0 Å². The van der Waals surface area contributed by atoms with Crippen molar-refractivity contribution in [1.82, 2.24) is 9.78 Å². The van der Waals surface area contributed by atoms with Gasteiger partial charge < -0.3 is 4.74 Å². The second-order valence-electron chi connectivity index (χ2n) is 2.90. The summed E-state index contributed by atoms with van der Waals surface area (Å²) in [6, 6.07) is 6.99. The normalized spacial score (nSPS) is 10.3. The lowest BCUT2D eigenvalue weighted by molar-refractivity contribution is 0.394. The van der Waals surface area contributed by atoms with Gasteiger partial charge in [0.1, 0.15) is 0 Å². The predicted octanol–water partition coefficient (Wildman–Crippen LogP) is 3.19. The first-order chi connectivity index (χ1) is 7.20. The molecule has 1 aromatic carbocycles. The first-order valence-electron chi connectivity index (χ1n) is 4.26. The minimum atomic E-state index is 0.543. The summed E-state index contributed by atoms with van der Waals surface area (Å²) in [5.74, 6) is 0.543. The van der Waals surface area contributed by atoms with Crippen LogP contribution in [0.15, 0.2) is 30.5 Å². The average Bonchev–Trinajstić information content (AvgIpc) is 2.66. The van der Waals surface area contributed by atoms with Crippen molar-refractivity contribution in [3.63, 3.8) is 0 Å². The molecule has 0 N–H and O–H groups in total. The molecule has 0 spiro atoms. The van der Waals surface area contributed by atoms with Crippen LogP contribution in [0.5, 0.6) is 5.88 Å². The van der Waals surface area contributed by atoms with Gasteiger partial charge >= 0.3 is 0 Å². The standard InChI is InChI=1S/C10H8Cl2N2O/c1-15-10-4-5-14(13-10)9-3-2-7(11)6-8(9)12/h2-6H,1H3. The lowest BCUT2D eigenvalue weighted by Gasteiger charge is -2.03. The number of ether oxygens (including phenoxy) is 1. The van der Waals surface area contributed by atoms with Gasteiger partial charge in [0, 0.05) is 17.3 Å². The molecule has 5 heteroatoms. The number of hydrogen-bond acceptors (Lipinski definition) is 2. The molecule has 15 heavy (non-hydrogen) atoms. The Morgan fingerprint density at radius 3 is 2.67 bits per heavy atom. The van der Waals surface area contributed by atoms with Crippen molar-refractivity contribution in [2.75, 3.05) is 7.11 Å². The van der Waals surface area contributed by atoms with E-state index < -0.39 is 0 Å².